The van der Waals surface area contributed by atoms with Crippen LogP contribution in [-0.2, 0) is 0 Å². The van der Waals surface area contributed by atoms with Gasteiger partial charge in [0.1, 0.15) is 11.4 Å². The topological polar surface area (TPSA) is 61.9 Å². The number of likely N-dealkylation sites (tertiary alicyclic amines) is 1. The quantitative estimate of drug-likeness (QED) is 0.701. The van der Waals surface area contributed by atoms with Crippen LogP contribution < -0.4 is 10.1 Å². The lowest BCUT2D eigenvalue weighted by Gasteiger charge is -2.40. The summed E-state index contributed by atoms with van der Waals surface area (Å²) in [6.07, 6.45) is 6.16. The Morgan fingerprint density at radius 2 is 1.63 bits per heavy atom. The summed E-state index contributed by atoms with van der Waals surface area (Å²) >= 11 is 0. The van der Waals surface area contributed by atoms with E-state index in [2.05, 4.69) is 11.4 Å². The first-order valence-corrected chi connectivity index (χ1v) is 13.0. The molecule has 0 saturated carbocycles. The van der Waals surface area contributed by atoms with Crippen molar-refractivity contribution in [1.82, 2.24) is 15.1 Å². The number of hydrogen-bond acceptors (Lipinski definition) is 4. The Hall–Kier alpha value is -3.12. The molecule has 0 bridgehead atoms. The van der Waals surface area contributed by atoms with Crippen molar-refractivity contribution in [3.63, 3.8) is 0 Å². The minimum atomic E-state index is -0.390. The molecule has 3 aliphatic rings. The molecule has 0 atom stereocenters. The van der Waals surface area contributed by atoms with E-state index in [0.29, 0.717) is 24.2 Å². The van der Waals surface area contributed by atoms with Gasteiger partial charge >= 0.3 is 0 Å². The molecule has 1 N–H and O–H groups in total. The number of carbonyl (C=O) groups excluding carboxylic acids is 2. The third-order valence-electron chi connectivity index (χ3n) is 7.58. The number of benzene rings is 2. The van der Waals surface area contributed by atoms with Crippen molar-refractivity contribution in [1.29, 1.82) is 0 Å². The van der Waals surface area contributed by atoms with Crippen LogP contribution in [0, 0.1) is 0 Å². The summed E-state index contributed by atoms with van der Waals surface area (Å²) in [6, 6.07) is 13.8. The SMILES string of the molecule is CCN(CC)C(=O)c1ccc(C2=CC3(CCNCC3)Oc3cc(C(=O)N4CCCC4)ccc32)cc1. The van der Waals surface area contributed by atoms with Gasteiger partial charge in [0.2, 0.25) is 0 Å². The third kappa shape index (κ3) is 4.59. The summed E-state index contributed by atoms with van der Waals surface area (Å²) in [7, 11) is 0. The first-order valence-electron chi connectivity index (χ1n) is 13.0. The van der Waals surface area contributed by atoms with Gasteiger partial charge in [-0.3, -0.25) is 9.59 Å². The maximum Gasteiger partial charge on any atom is 0.253 e. The fourth-order valence-electron chi connectivity index (χ4n) is 5.48. The zero-order valence-corrected chi connectivity index (χ0v) is 20.8. The maximum absolute atomic E-state index is 13.1. The van der Waals surface area contributed by atoms with Crippen molar-refractivity contribution in [2.45, 2.75) is 45.1 Å². The standard InChI is InChI=1S/C29H35N3O3/c1-3-31(4-2)27(33)22-9-7-21(8-10-22)25-20-29(13-15-30-16-14-29)35-26-19-23(11-12-24(25)26)28(34)32-17-5-6-18-32/h7-12,19-20,30H,3-6,13-18H2,1-2H3. The van der Waals surface area contributed by atoms with Crippen molar-refractivity contribution in [2.75, 3.05) is 39.3 Å². The van der Waals surface area contributed by atoms with Crippen LogP contribution in [0.25, 0.3) is 5.57 Å². The van der Waals surface area contributed by atoms with Crippen molar-refractivity contribution in [3.05, 3.63) is 70.8 Å². The third-order valence-corrected chi connectivity index (χ3v) is 7.58. The van der Waals surface area contributed by atoms with Gasteiger partial charge in [-0.1, -0.05) is 12.1 Å². The van der Waals surface area contributed by atoms with Crippen LogP contribution in [0.3, 0.4) is 0 Å². The molecule has 6 heteroatoms. The molecule has 3 aliphatic heterocycles. The van der Waals surface area contributed by atoms with E-state index in [4.69, 9.17) is 4.74 Å². The van der Waals surface area contributed by atoms with Crippen LogP contribution in [-0.4, -0.2) is 66.5 Å². The van der Waals surface area contributed by atoms with Gasteiger partial charge in [-0.05, 0) is 87.3 Å². The number of piperidine rings is 1. The molecule has 2 fully saturated rings. The van der Waals surface area contributed by atoms with Gasteiger partial charge in [-0.15, -0.1) is 0 Å². The molecular formula is C29H35N3O3. The molecule has 0 aromatic heterocycles. The molecule has 35 heavy (non-hydrogen) atoms. The lowest BCUT2D eigenvalue weighted by Crippen LogP contribution is -2.46. The molecule has 0 aliphatic carbocycles. The summed E-state index contributed by atoms with van der Waals surface area (Å²) in [5.74, 6) is 0.921. The van der Waals surface area contributed by atoms with E-state index in [1.807, 2.05) is 66.1 Å². The normalized spacial score (nSPS) is 18.6. The second kappa shape index (κ2) is 9.86. The molecule has 2 saturated heterocycles. The molecular weight excluding hydrogens is 438 g/mol. The summed E-state index contributed by atoms with van der Waals surface area (Å²) in [5.41, 5.74) is 4.16. The second-order valence-electron chi connectivity index (χ2n) is 9.74. The van der Waals surface area contributed by atoms with Gasteiger partial charge in [0, 0.05) is 55.7 Å². The van der Waals surface area contributed by atoms with Gasteiger partial charge in [0.05, 0.1) is 0 Å². The maximum atomic E-state index is 13.1. The first kappa shape index (κ1) is 23.6. The highest BCUT2D eigenvalue weighted by Gasteiger charge is 2.37. The number of nitrogens with zero attached hydrogens (tertiary/aromatic N) is 2. The van der Waals surface area contributed by atoms with E-state index in [1.54, 1.807) is 0 Å². The molecule has 2 aromatic rings. The lowest BCUT2D eigenvalue weighted by molar-refractivity contribution is 0.0768. The number of carbonyl (C=O) groups is 2. The predicted octanol–water partition coefficient (Wildman–Crippen LogP) is 4.35. The fourth-order valence-corrected chi connectivity index (χ4v) is 5.48. The van der Waals surface area contributed by atoms with E-state index < -0.39 is 5.60 Å². The highest BCUT2D eigenvalue weighted by molar-refractivity contribution is 5.97. The molecule has 0 unspecified atom stereocenters. The zero-order chi connectivity index (χ0) is 24.4. The number of fused-ring (bicyclic) bond motifs is 1. The molecule has 2 amide bonds. The number of nitrogens with one attached hydrogen (secondary N) is 1. The monoisotopic (exact) mass is 473 g/mol. The van der Waals surface area contributed by atoms with Gasteiger partial charge in [0.15, 0.2) is 0 Å². The highest BCUT2D eigenvalue weighted by Crippen LogP contribution is 2.43. The number of rotatable bonds is 5. The largest absolute Gasteiger partial charge is 0.482 e. The minimum Gasteiger partial charge on any atom is -0.482 e. The van der Waals surface area contributed by atoms with Crippen molar-refractivity contribution in [2.24, 2.45) is 0 Å². The predicted molar refractivity (Wildman–Crippen MR) is 138 cm³/mol. The Labute approximate surface area is 207 Å². The zero-order valence-electron chi connectivity index (χ0n) is 20.8. The number of ether oxygens (including phenoxy) is 1. The Bertz CT molecular complexity index is 1120. The fraction of sp³-hybridized carbons (Fsp3) is 0.448. The molecule has 1 spiro atoms. The molecule has 2 aromatic carbocycles. The summed E-state index contributed by atoms with van der Waals surface area (Å²) in [6.45, 7) is 8.84. The van der Waals surface area contributed by atoms with E-state index in [1.165, 1.54) is 0 Å². The van der Waals surface area contributed by atoms with Crippen molar-refractivity contribution >= 4 is 17.4 Å². The molecule has 0 radical (unpaired) electrons. The second-order valence-corrected chi connectivity index (χ2v) is 9.74. The Morgan fingerprint density at radius 3 is 2.29 bits per heavy atom. The molecule has 184 valence electrons. The van der Waals surface area contributed by atoms with Crippen LogP contribution in [0.2, 0.25) is 0 Å². The van der Waals surface area contributed by atoms with E-state index >= 15 is 0 Å². The van der Waals surface area contributed by atoms with Crippen LogP contribution in [0.1, 0.15) is 71.4 Å². The van der Waals surface area contributed by atoms with Crippen molar-refractivity contribution < 1.29 is 14.3 Å². The van der Waals surface area contributed by atoms with E-state index in [0.717, 1.165) is 74.3 Å². The molecule has 5 rings (SSSR count). The van der Waals surface area contributed by atoms with Crippen LogP contribution in [0.15, 0.2) is 48.5 Å². The lowest BCUT2D eigenvalue weighted by atomic mass is 9.83. The van der Waals surface area contributed by atoms with Gasteiger partial charge < -0.3 is 19.9 Å². The Kier molecular flexibility index (Phi) is 6.65. The Balaban J connectivity index is 1.51. The summed E-state index contributed by atoms with van der Waals surface area (Å²) < 4.78 is 6.64. The average molecular weight is 474 g/mol. The number of amides is 2. The smallest absolute Gasteiger partial charge is 0.253 e. The Morgan fingerprint density at radius 1 is 0.971 bits per heavy atom. The van der Waals surface area contributed by atoms with E-state index in [-0.39, 0.29) is 11.8 Å². The molecule has 3 heterocycles. The van der Waals surface area contributed by atoms with Gasteiger partial charge in [-0.2, -0.15) is 0 Å². The summed E-state index contributed by atoms with van der Waals surface area (Å²) in [5, 5.41) is 3.43. The summed E-state index contributed by atoms with van der Waals surface area (Å²) in [4.78, 5) is 29.6. The van der Waals surface area contributed by atoms with Gasteiger partial charge in [0.25, 0.3) is 11.8 Å². The first-order chi connectivity index (χ1) is 17.0. The van der Waals surface area contributed by atoms with Crippen LogP contribution in [0.4, 0.5) is 0 Å². The molecule has 6 nitrogen and oxygen atoms in total. The average Bonchev–Trinajstić information content (AvgIpc) is 3.44. The van der Waals surface area contributed by atoms with Crippen LogP contribution >= 0.6 is 0 Å². The van der Waals surface area contributed by atoms with Gasteiger partial charge in [-0.25, -0.2) is 0 Å². The number of hydrogen-bond donors (Lipinski definition) is 1. The minimum absolute atomic E-state index is 0.0581. The van der Waals surface area contributed by atoms with Crippen LogP contribution in [0.5, 0.6) is 5.75 Å². The van der Waals surface area contributed by atoms with Crippen molar-refractivity contribution in [3.8, 4) is 5.75 Å². The van der Waals surface area contributed by atoms with E-state index in [9.17, 15) is 9.59 Å². The highest BCUT2D eigenvalue weighted by atomic mass is 16.5.